The third kappa shape index (κ3) is 3.39. The van der Waals surface area contributed by atoms with Crippen molar-refractivity contribution in [1.29, 1.82) is 0 Å². The lowest BCUT2D eigenvalue weighted by atomic mass is 9.96. The van der Waals surface area contributed by atoms with E-state index in [4.69, 9.17) is 0 Å². The summed E-state index contributed by atoms with van der Waals surface area (Å²) in [6, 6.07) is 5.85. The largest absolute Gasteiger partial charge is 0.316 e. The Morgan fingerprint density at radius 1 is 1.40 bits per heavy atom. The van der Waals surface area contributed by atoms with Crippen LogP contribution in [0.2, 0.25) is 0 Å². The Kier molecular flexibility index (Phi) is 4.44. The highest BCUT2D eigenvalue weighted by molar-refractivity contribution is 7.96. The molecule has 106 valence electrons. The van der Waals surface area contributed by atoms with Gasteiger partial charge in [0.2, 0.25) is 5.91 Å². The number of thiol groups is 1. The van der Waals surface area contributed by atoms with Crippen LogP contribution < -0.4 is 10.7 Å². The number of hydrogen-bond acceptors (Lipinski definition) is 3. The van der Waals surface area contributed by atoms with Crippen LogP contribution in [0.25, 0.3) is 0 Å². The number of benzene rings is 1. The number of carbonyl (C=O) groups is 2. The molecule has 1 heterocycles. The molecule has 0 unspecified atom stereocenters. The second-order valence-electron chi connectivity index (χ2n) is 4.98. The fourth-order valence-electron chi connectivity index (χ4n) is 2.06. The summed E-state index contributed by atoms with van der Waals surface area (Å²) in [5.41, 5.74) is 5.83. The molecule has 5 nitrogen and oxygen atoms in total. The Bertz CT molecular complexity index is 582. The van der Waals surface area contributed by atoms with Gasteiger partial charge in [0.25, 0.3) is 5.24 Å². The zero-order chi connectivity index (χ0) is 14.7. The van der Waals surface area contributed by atoms with E-state index in [1.807, 2.05) is 18.2 Å². The molecule has 1 aromatic rings. The summed E-state index contributed by atoms with van der Waals surface area (Å²) in [5, 5.41) is 6.35. The quantitative estimate of drug-likeness (QED) is 0.749. The number of rotatable bonds is 3. The van der Waals surface area contributed by atoms with Crippen molar-refractivity contribution in [2.45, 2.75) is 32.6 Å². The Hall–Kier alpha value is -1.82. The second kappa shape index (κ2) is 6.09. The molecule has 0 bridgehead atoms. The molecule has 0 atom stereocenters. The molecule has 0 saturated carbocycles. The van der Waals surface area contributed by atoms with Gasteiger partial charge in [-0.05, 0) is 17.5 Å². The summed E-state index contributed by atoms with van der Waals surface area (Å²) < 4.78 is 0. The summed E-state index contributed by atoms with van der Waals surface area (Å²) in [7, 11) is 0. The molecular weight excluding hydrogens is 274 g/mol. The molecule has 1 aliphatic rings. The predicted octanol–water partition coefficient (Wildman–Crippen LogP) is 2.89. The number of nitrogens with one attached hydrogen (secondary N) is 2. The highest BCUT2D eigenvalue weighted by atomic mass is 32.1. The van der Waals surface area contributed by atoms with E-state index in [9.17, 15) is 9.59 Å². The molecule has 0 saturated heterocycles. The van der Waals surface area contributed by atoms with E-state index in [2.05, 4.69) is 42.3 Å². The molecule has 20 heavy (non-hydrogen) atoms. The van der Waals surface area contributed by atoms with Gasteiger partial charge in [-0.25, -0.2) is 5.43 Å². The number of anilines is 1. The van der Waals surface area contributed by atoms with Crippen molar-refractivity contribution in [3.63, 3.8) is 0 Å². The van der Waals surface area contributed by atoms with Crippen LogP contribution in [-0.4, -0.2) is 16.9 Å². The standard InChI is InChI=1S/C14H17N3O2S/c1-8(2)9-3-4-10(12(7-9)15-14(19)20)11-5-6-13(18)17-16-11/h3-4,7-8H,5-6H2,1-2H3,(H,17,18)(H2,15,19,20). The van der Waals surface area contributed by atoms with Crippen molar-refractivity contribution in [2.24, 2.45) is 5.10 Å². The average molecular weight is 291 g/mol. The normalized spacial score (nSPS) is 14.8. The Morgan fingerprint density at radius 3 is 2.70 bits per heavy atom. The van der Waals surface area contributed by atoms with Gasteiger partial charge < -0.3 is 5.32 Å². The van der Waals surface area contributed by atoms with E-state index in [0.717, 1.165) is 16.8 Å². The molecule has 1 aliphatic heterocycles. The number of hydrogen-bond donors (Lipinski definition) is 3. The fraction of sp³-hybridized carbons (Fsp3) is 0.357. The summed E-state index contributed by atoms with van der Waals surface area (Å²) in [6.07, 6.45) is 0.960. The van der Waals surface area contributed by atoms with E-state index in [1.165, 1.54) is 0 Å². The van der Waals surface area contributed by atoms with Crippen LogP contribution in [-0.2, 0) is 4.79 Å². The van der Waals surface area contributed by atoms with E-state index < -0.39 is 5.24 Å². The van der Waals surface area contributed by atoms with Crippen molar-refractivity contribution in [3.05, 3.63) is 29.3 Å². The Labute approximate surface area is 123 Å². The maximum atomic E-state index is 11.2. The maximum Gasteiger partial charge on any atom is 0.280 e. The van der Waals surface area contributed by atoms with Crippen LogP contribution in [0.1, 0.15) is 43.7 Å². The summed E-state index contributed by atoms with van der Waals surface area (Å²) in [4.78, 5) is 22.4. The zero-order valence-electron chi connectivity index (χ0n) is 11.4. The van der Waals surface area contributed by atoms with E-state index in [0.29, 0.717) is 24.4 Å². The number of nitrogens with zero attached hydrogens (tertiary/aromatic N) is 1. The van der Waals surface area contributed by atoms with E-state index in [1.54, 1.807) is 0 Å². The molecule has 2 rings (SSSR count). The average Bonchev–Trinajstić information content (AvgIpc) is 2.39. The maximum absolute atomic E-state index is 11.2. The first-order chi connectivity index (χ1) is 9.47. The second-order valence-corrected chi connectivity index (χ2v) is 5.39. The molecule has 1 aromatic carbocycles. The smallest absolute Gasteiger partial charge is 0.280 e. The molecule has 0 aromatic heterocycles. The molecular formula is C14H17N3O2S. The summed E-state index contributed by atoms with van der Waals surface area (Å²) in [5.74, 6) is 0.264. The van der Waals surface area contributed by atoms with Crippen LogP contribution in [0.3, 0.4) is 0 Å². The van der Waals surface area contributed by atoms with E-state index in [-0.39, 0.29) is 5.91 Å². The van der Waals surface area contributed by atoms with Gasteiger partial charge in [-0.3, -0.25) is 9.59 Å². The first-order valence-corrected chi connectivity index (χ1v) is 6.91. The molecule has 6 heteroatoms. The lowest BCUT2D eigenvalue weighted by Gasteiger charge is -2.17. The predicted molar refractivity (Wildman–Crippen MR) is 82.4 cm³/mol. The fourth-order valence-corrected chi connectivity index (χ4v) is 2.18. The molecule has 2 N–H and O–H groups in total. The number of hydrazone groups is 1. The van der Waals surface area contributed by atoms with Gasteiger partial charge in [0.05, 0.1) is 11.4 Å². The highest BCUT2D eigenvalue weighted by Gasteiger charge is 2.17. The highest BCUT2D eigenvalue weighted by Crippen LogP contribution is 2.25. The van der Waals surface area contributed by atoms with Crippen molar-refractivity contribution >= 4 is 35.2 Å². The number of carbonyl (C=O) groups excluding carboxylic acids is 2. The molecule has 2 amide bonds. The van der Waals surface area contributed by atoms with Crippen LogP contribution in [0.15, 0.2) is 23.3 Å². The summed E-state index contributed by atoms with van der Waals surface area (Å²) >= 11 is 3.76. The van der Waals surface area contributed by atoms with Crippen molar-refractivity contribution in [3.8, 4) is 0 Å². The van der Waals surface area contributed by atoms with Crippen LogP contribution in [0.5, 0.6) is 0 Å². The van der Waals surface area contributed by atoms with Crippen molar-refractivity contribution < 1.29 is 9.59 Å². The monoisotopic (exact) mass is 291 g/mol. The van der Waals surface area contributed by atoms with Gasteiger partial charge in [-0.1, -0.05) is 38.6 Å². The zero-order valence-corrected chi connectivity index (χ0v) is 12.3. The molecule has 0 fully saturated rings. The van der Waals surface area contributed by atoms with Crippen molar-refractivity contribution in [1.82, 2.24) is 5.43 Å². The van der Waals surface area contributed by atoms with Crippen molar-refractivity contribution in [2.75, 3.05) is 5.32 Å². The Morgan fingerprint density at radius 2 is 2.15 bits per heavy atom. The molecule has 0 aliphatic carbocycles. The molecule has 0 radical (unpaired) electrons. The third-order valence-corrected chi connectivity index (χ3v) is 3.28. The minimum Gasteiger partial charge on any atom is -0.316 e. The Balaban J connectivity index is 2.40. The van der Waals surface area contributed by atoms with E-state index >= 15 is 0 Å². The minimum atomic E-state index is -0.424. The molecule has 0 spiro atoms. The van der Waals surface area contributed by atoms with Gasteiger partial charge in [-0.2, -0.15) is 5.10 Å². The van der Waals surface area contributed by atoms with Crippen LogP contribution in [0, 0.1) is 0 Å². The van der Waals surface area contributed by atoms with Gasteiger partial charge in [-0.15, -0.1) is 0 Å². The lowest BCUT2D eigenvalue weighted by Crippen LogP contribution is -2.26. The van der Waals surface area contributed by atoms with Gasteiger partial charge in [0.15, 0.2) is 0 Å². The van der Waals surface area contributed by atoms with Gasteiger partial charge >= 0.3 is 0 Å². The summed E-state index contributed by atoms with van der Waals surface area (Å²) in [6.45, 7) is 4.17. The van der Waals surface area contributed by atoms with Gasteiger partial charge in [0.1, 0.15) is 0 Å². The SMILES string of the molecule is CC(C)c1ccc(C2=NNC(=O)CC2)c(NC(=O)S)c1. The van der Waals surface area contributed by atoms with Crippen LogP contribution >= 0.6 is 12.6 Å². The third-order valence-electron chi connectivity index (χ3n) is 3.17. The first kappa shape index (κ1) is 14.6. The van der Waals surface area contributed by atoms with Crippen LogP contribution in [0.4, 0.5) is 10.5 Å². The minimum absolute atomic E-state index is 0.0904. The number of amides is 2. The van der Waals surface area contributed by atoms with Gasteiger partial charge in [0, 0.05) is 18.4 Å². The lowest BCUT2D eigenvalue weighted by molar-refractivity contribution is -0.121. The first-order valence-electron chi connectivity index (χ1n) is 6.47. The topological polar surface area (TPSA) is 70.6 Å².